The summed E-state index contributed by atoms with van der Waals surface area (Å²) in [5.74, 6) is -2.02. The van der Waals surface area contributed by atoms with E-state index in [1.165, 1.54) is 0 Å². The van der Waals surface area contributed by atoms with Gasteiger partial charge in [-0.25, -0.2) is 4.79 Å². The van der Waals surface area contributed by atoms with E-state index in [1.54, 1.807) is 48.5 Å². The normalized spacial score (nSPS) is 11.1. The van der Waals surface area contributed by atoms with E-state index in [4.69, 9.17) is 22.1 Å². The zero-order valence-corrected chi connectivity index (χ0v) is 17.8. The van der Waals surface area contributed by atoms with Gasteiger partial charge < -0.3 is 15.8 Å². The van der Waals surface area contributed by atoms with Crippen molar-refractivity contribution < 1.29 is 23.9 Å². The monoisotopic (exact) mass is 496 g/mol. The highest BCUT2D eigenvalue weighted by atomic mass is 79.9. The number of ether oxygens (including phenoxy) is 1. The molecule has 0 radical (unpaired) electrons. The van der Waals surface area contributed by atoms with Gasteiger partial charge in [0.05, 0.1) is 12.5 Å². The van der Waals surface area contributed by atoms with E-state index in [9.17, 15) is 19.2 Å². The minimum Gasteiger partial charge on any atom is -0.455 e. The Morgan fingerprint density at radius 1 is 1.00 bits per heavy atom. The fraction of sp³-hybridized carbons (Fsp3) is 0.158. The summed E-state index contributed by atoms with van der Waals surface area (Å²) >= 11 is 9.08. The van der Waals surface area contributed by atoms with Gasteiger partial charge in [0.1, 0.15) is 0 Å². The van der Waals surface area contributed by atoms with Crippen LogP contribution in [0.25, 0.3) is 0 Å². The second kappa shape index (κ2) is 11.2. The van der Waals surface area contributed by atoms with Crippen LogP contribution >= 0.6 is 27.5 Å². The highest BCUT2D eigenvalue weighted by Gasteiger charge is 2.19. The van der Waals surface area contributed by atoms with Crippen LogP contribution in [-0.2, 0) is 14.3 Å². The van der Waals surface area contributed by atoms with Gasteiger partial charge >= 0.3 is 12.0 Å². The Labute approximate surface area is 185 Å². The number of primary amides is 1. The third-order valence-corrected chi connectivity index (χ3v) is 4.53. The van der Waals surface area contributed by atoms with E-state index in [1.807, 2.05) is 0 Å². The number of hydrazine groups is 1. The van der Waals surface area contributed by atoms with E-state index in [0.29, 0.717) is 16.1 Å². The molecule has 4 amide bonds. The zero-order valence-electron chi connectivity index (χ0n) is 15.5. The summed E-state index contributed by atoms with van der Waals surface area (Å²) in [4.78, 5) is 47.0. The van der Waals surface area contributed by atoms with Gasteiger partial charge in [-0.3, -0.25) is 25.2 Å². The van der Waals surface area contributed by atoms with E-state index < -0.39 is 36.5 Å². The summed E-state index contributed by atoms with van der Waals surface area (Å²) in [5, 5.41) is 2.92. The molecule has 0 aliphatic carbocycles. The quantitative estimate of drug-likeness (QED) is 0.343. The number of nitrogens with two attached hydrogens (primary N) is 1. The Balaban J connectivity index is 1.81. The number of nitrogens with one attached hydrogen (secondary N) is 3. The first-order chi connectivity index (χ1) is 14.2. The predicted molar refractivity (Wildman–Crippen MR) is 112 cm³/mol. The highest BCUT2D eigenvalue weighted by molar-refractivity contribution is 9.10. The summed E-state index contributed by atoms with van der Waals surface area (Å²) in [6, 6.07) is 11.3. The molecule has 2 aromatic carbocycles. The number of benzene rings is 2. The maximum atomic E-state index is 12.1. The van der Waals surface area contributed by atoms with Gasteiger partial charge in [0.2, 0.25) is 0 Å². The van der Waals surface area contributed by atoms with Crippen LogP contribution in [-0.4, -0.2) is 30.4 Å². The summed E-state index contributed by atoms with van der Waals surface area (Å²) in [7, 11) is 0. The van der Waals surface area contributed by atoms with Gasteiger partial charge in [0, 0.05) is 15.1 Å². The van der Waals surface area contributed by atoms with Crippen molar-refractivity contribution >= 4 is 51.3 Å². The average molecular weight is 498 g/mol. The molecule has 0 aromatic heterocycles. The summed E-state index contributed by atoms with van der Waals surface area (Å²) in [6.45, 7) is -0.622. The Bertz CT molecular complexity index is 922. The Morgan fingerprint density at radius 2 is 1.63 bits per heavy atom. The third kappa shape index (κ3) is 7.72. The maximum absolute atomic E-state index is 12.1. The van der Waals surface area contributed by atoms with E-state index >= 15 is 0 Å². The molecule has 0 bridgehead atoms. The van der Waals surface area contributed by atoms with Crippen LogP contribution in [0.5, 0.6) is 0 Å². The minimum atomic E-state index is -0.823. The van der Waals surface area contributed by atoms with Crippen molar-refractivity contribution in [2.24, 2.45) is 5.73 Å². The molecule has 0 saturated carbocycles. The number of rotatable bonds is 7. The lowest BCUT2D eigenvalue weighted by Crippen LogP contribution is -2.43. The Kier molecular flexibility index (Phi) is 8.63. The largest absolute Gasteiger partial charge is 0.455 e. The maximum Gasteiger partial charge on any atom is 0.312 e. The second-order valence-corrected chi connectivity index (χ2v) is 7.34. The molecule has 158 valence electrons. The van der Waals surface area contributed by atoms with Crippen LogP contribution in [0.3, 0.4) is 0 Å². The summed E-state index contributed by atoms with van der Waals surface area (Å²) < 4.78 is 5.69. The Morgan fingerprint density at radius 3 is 2.23 bits per heavy atom. The molecular weight excluding hydrogens is 480 g/mol. The molecule has 0 spiro atoms. The molecule has 1 atom stereocenters. The number of halogens is 2. The zero-order chi connectivity index (χ0) is 22.1. The van der Waals surface area contributed by atoms with Crippen molar-refractivity contribution in [3.05, 3.63) is 69.2 Å². The number of carbonyl (C=O) groups is 4. The molecule has 11 heteroatoms. The average Bonchev–Trinajstić information content (AvgIpc) is 2.70. The van der Waals surface area contributed by atoms with Gasteiger partial charge in [-0.15, -0.1) is 0 Å². The second-order valence-electron chi connectivity index (χ2n) is 5.99. The van der Waals surface area contributed by atoms with Gasteiger partial charge in [0.15, 0.2) is 6.61 Å². The summed E-state index contributed by atoms with van der Waals surface area (Å²) in [5.41, 5.74) is 10.4. The van der Waals surface area contributed by atoms with Crippen molar-refractivity contribution in [3.63, 3.8) is 0 Å². The first-order valence-electron chi connectivity index (χ1n) is 8.56. The molecule has 0 saturated heterocycles. The number of esters is 1. The van der Waals surface area contributed by atoms with Crippen LogP contribution in [0.4, 0.5) is 4.79 Å². The molecule has 5 N–H and O–H groups in total. The van der Waals surface area contributed by atoms with E-state index in [2.05, 4.69) is 32.1 Å². The Hall–Kier alpha value is -3.11. The SMILES string of the molecule is NC(=O)NC(CC(=O)OCC(=O)NNC(=O)c1ccc(Br)cc1)c1ccc(Cl)cc1. The fourth-order valence-electron chi connectivity index (χ4n) is 2.33. The molecule has 1 unspecified atom stereocenters. The number of hydrogen-bond donors (Lipinski definition) is 4. The van der Waals surface area contributed by atoms with Crippen molar-refractivity contribution in [1.29, 1.82) is 0 Å². The van der Waals surface area contributed by atoms with Gasteiger partial charge in [0.25, 0.3) is 11.8 Å². The molecule has 0 aliphatic rings. The van der Waals surface area contributed by atoms with E-state index in [-0.39, 0.29) is 6.42 Å². The highest BCUT2D eigenvalue weighted by Crippen LogP contribution is 2.20. The third-order valence-electron chi connectivity index (χ3n) is 3.75. The lowest BCUT2D eigenvalue weighted by Gasteiger charge is -2.17. The van der Waals surface area contributed by atoms with Gasteiger partial charge in [-0.1, -0.05) is 39.7 Å². The van der Waals surface area contributed by atoms with Crippen molar-refractivity contribution in [2.45, 2.75) is 12.5 Å². The molecule has 2 rings (SSSR count). The fourth-order valence-corrected chi connectivity index (χ4v) is 2.72. The summed E-state index contributed by atoms with van der Waals surface area (Å²) in [6.07, 6.45) is -0.261. The molecule has 9 nitrogen and oxygen atoms in total. The molecular formula is C19H18BrClN4O5. The molecule has 30 heavy (non-hydrogen) atoms. The predicted octanol–water partition coefficient (Wildman–Crippen LogP) is 2.21. The lowest BCUT2D eigenvalue weighted by molar-refractivity contribution is -0.149. The number of urea groups is 1. The van der Waals surface area contributed by atoms with E-state index in [0.717, 1.165) is 4.47 Å². The number of amides is 4. The minimum absolute atomic E-state index is 0.261. The van der Waals surface area contributed by atoms with Crippen molar-refractivity contribution in [2.75, 3.05) is 6.61 Å². The van der Waals surface area contributed by atoms with Crippen LogP contribution < -0.4 is 21.9 Å². The number of carbonyl (C=O) groups excluding carboxylic acids is 4. The van der Waals surface area contributed by atoms with Crippen LogP contribution in [0.1, 0.15) is 28.4 Å². The smallest absolute Gasteiger partial charge is 0.312 e. The first kappa shape index (κ1) is 23.2. The van der Waals surface area contributed by atoms with Crippen LogP contribution in [0, 0.1) is 0 Å². The van der Waals surface area contributed by atoms with Crippen molar-refractivity contribution in [3.8, 4) is 0 Å². The molecule has 2 aromatic rings. The lowest BCUT2D eigenvalue weighted by atomic mass is 10.0. The van der Waals surface area contributed by atoms with Gasteiger partial charge in [-0.05, 0) is 42.0 Å². The van der Waals surface area contributed by atoms with Crippen LogP contribution in [0.15, 0.2) is 53.0 Å². The van der Waals surface area contributed by atoms with Crippen LogP contribution in [0.2, 0.25) is 5.02 Å². The number of hydrogen-bond acceptors (Lipinski definition) is 5. The molecule has 0 heterocycles. The standard InChI is InChI=1S/C19H18BrClN4O5/c20-13-5-1-12(2-6-13)18(28)25-24-16(26)10-30-17(27)9-15(23-19(22)29)11-3-7-14(21)8-4-11/h1-8,15H,9-10H2,(H,24,26)(H,25,28)(H3,22,23,29). The van der Waals surface area contributed by atoms with Crippen molar-refractivity contribution in [1.82, 2.24) is 16.2 Å². The molecule has 0 aliphatic heterocycles. The first-order valence-corrected chi connectivity index (χ1v) is 9.73. The molecule has 0 fully saturated rings. The van der Waals surface area contributed by atoms with Gasteiger partial charge in [-0.2, -0.15) is 0 Å². The topological polar surface area (TPSA) is 140 Å².